The minimum Gasteiger partial charge on any atom is -0.293 e. The highest BCUT2D eigenvalue weighted by Crippen LogP contribution is 2.32. The molecule has 116 valence electrons. The first-order valence-electron chi connectivity index (χ1n) is 7.53. The summed E-state index contributed by atoms with van der Waals surface area (Å²) in [5, 5.41) is 0. The highest BCUT2D eigenvalue weighted by Gasteiger charge is 2.28. The second-order valence-electron chi connectivity index (χ2n) is 6.17. The van der Waals surface area contributed by atoms with Crippen molar-refractivity contribution in [2.75, 3.05) is 19.3 Å². The number of piperidine rings is 1. The quantitative estimate of drug-likeness (QED) is 0.798. The third-order valence-corrected chi connectivity index (χ3v) is 6.99. The topological polar surface area (TPSA) is 54.5 Å². The molecule has 0 spiro atoms. The molecule has 1 fully saturated rings. The first kappa shape index (κ1) is 15.2. The van der Waals surface area contributed by atoms with Crippen LogP contribution in [0.15, 0.2) is 6.07 Å². The Morgan fingerprint density at radius 2 is 2.19 bits per heavy atom. The third kappa shape index (κ3) is 3.38. The van der Waals surface area contributed by atoms with Crippen LogP contribution >= 0.6 is 11.3 Å². The van der Waals surface area contributed by atoms with Gasteiger partial charge in [-0.15, -0.1) is 11.3 Å². The van der Waals surface area contributed by atoms with Crippen molar-refractivity contribution in [3.8, 4) is 0 Å². The summed E-state index contributed by atoms with van der Waals surface area (Å²) in [6.07, 6.45) is 6.95. The summed E-state index contributed by atoms with van der Waals surface area (Å²) in [6.45, 7) is 1.09. The Balaban J connectivity index is 1.64. The number of rotatable bonds is 4. The lowest BCUT2D eigenvalue weighted by atomic mass is 9.93. The molecule has 1 aliphatic heterocycles. The Morgan fingerprint density at radius 1 is 1.38 bits per heavy atom. The number of fused-ring (bicyclic) bond motifs is 1. The van der Waals surface area contributed by atoms with Crippen LogP contribution in [0.25, 0.3) is 0 Å². The Labute approximate surface area is 130 Å². The monoisotopic (exact) mass is 327 g/mol. The fraction of sp³-hybridized carbons (Fsp3) is 0.667. The Bertz CT molecular complexity index is 626. The second-order valence-corrected chi connectivity index (χ2v) is 9.29. The van der Waals surface area contributed by atoms with Crippen molar-refractivity contribution in [2.24, 2.45) is 5.92 Å². The summed E-state index contributed by atoms with van der Waals surface area (Å²) >= 11 is 1.64. The predicted molar refractivity (Wildman–Crippen MR) is 84.4 cm³/mol. The van der Waals surface area contributed by atoms with Crippen LogP contribution in [0.2, 0.25) is 0 Å². The van der Waals surface area contributed by atoms with Gasteiger partial charge in [-0.1, -0.05) is 0 Å². The zero-order chi connectivity index (χ0) is 15.0. The summed E-state index contributed by atoms with van der Waals surface area (Å²) in [5.41, 5.74) is 1.35. The molecule has 1 atom stereocenters. The lowest BCUT2D eigenvalue weighted by Gasteiger charge is -2.30. The lowest BCUT2D eigenvalue weighted by molar-refractivity contribution is 0.0946. The number of hydrogen-bond donors (Lipinski definition) is 0. The molecule has 21 heavy (non-hydrogen) atoms. The maximum absolute atomic E-state index is 12.4. The largest absolute Gasteiger partial charge is 0.293 e. The average Bonchev–Trinajstić information content (AvgIpc) is 2.98. The lowest BCUT2D eigenvalue weighted by Crippen LogP contribution is -2.39. The minimum absolute atomic E-state index is 0.165. The van der Waals surface area contributed by atoms with Crippen molar-refractivity contribution >= 4 is 27.1 Å². The molecule has 2 aliphatic rings. The molecule has 1 aliphatic carbocycles. The SMILES string of the molecule is CS(=O)(=O)N1CCCC(CC(=O)c2cc3c(s2)CCC3)C1. The van der Waals surface area contributed by atoms with E-state index in [-0.39, 0.29) is 11.7 Å². The van der Waals surface area contributed by atoms with Gasteiger partial charge in [-0.2, -0.15) is 0 Å². The molecule has 1 unspecified atom stereocenters. The van der Waals surface area contributed by atoms with Crippen LogP contribution in [0.1, 0.15) is 45.8 Å². The van der Waals surface area contributed by atoms with Gasteiger partial charge in [-0.25, -0.2) is 12.7 Å². The van der Waals surface area contributed by atoms with Gasteiger partial charge in [0.15, 0.2) is 5.78 Å². The molecular weight excluding hydrogens is 306 g/mol. The van der Waals surface area contributed by atoms with Gasteiger partial charge in [0.05, 0.1) is 11.1 Å². The molecule has 1 aromatic rings. The van der Waals surface area contributed by atoms with E-state index in [1.807, 2.05) is 0 Å². The van der Waals surface area contributed by atoms with Crippen molar-refractivity contribution in [3.63, 3.8) is 0 Å². The van der Waals surface area contributed by atoms with Gasteiger partial charge in [0.1, 0.15) is 0 Å². The maximum atomic E-state index is 12.4. The molecule has 6 heteroatoms. The third-order valence-electron chi connectivity index (χ3n) is 4.45. The van der Waals surface area contributed by atoms with Gasteiger partial charge in [0.2, 0.25) is 10.0 Å². The number of sulfonamides is 1. The summed E-state index contributed by atoms with van der Waals surface area (Å²) in [4.78, 5) is 14.7. The Kier molecular flexibility index (Phi) is 4.21. The van der Waals surface area contributed by atoms with E-state index in [0.29, 0.717) is 19.5 Å². The predicted octanol–water partition coefficient (Wildman–Crippen LogP) is 2.48. The fourth-order valence-electron chi connectivity index (χ4n) is 3.32. The maximum Gasteiger partial charge on any atom is 0.211 e. The zero-order valence-electron chi connectivity index (χ0n) is 12.3. The van der Waals surface area contributed by atoms with E-state index in [2.05, 4.69) is 6.07 Å². The molecule has 4 nitrogen and oxygen atoms in total. The van der Waals surface area contributed by atoms with Crippen LogP contribution in [0, 0.1) is 5.92 Å². The van der Waals surface area contributed by atoms with E-state index in [1.54, 1.807) is 11.3 Å². The molecule has 2 heterocycles. The van der Waals surface area contributed by atoms with E-state index in [4.69, 9.17) is 0 Å². The van der Waals surface area contributed by atoms with Crippen LogP contribution in [0.5, 0.6) is 0 Å². The number of carbonyl (C=O) groups excluding carboxylic acids is 1. The molecule has 1 saturated heterocycles. The smallest absolute Gasteiger partial charge is 0.211 e. The molecule has 3 rings (SSSR count). The van der Waals surface area contributed by atoms with Crippen LogP contribution in [0.3, 0.4) is 0 Å². The van der Waals surface area contributed by atoms with E-state index in [0.717, 1.165) is 30.6 Å². The second kappa shape index (κ2) is 5.82. The summed E-state index contributed by atoms with van der Waals surface area (Å²) in [7, 11) is -3.13. The van der Waals surface area contributed by atoms with Crippen molar-refractivity contribution in [1.82, 2.24) is 4.31 Å². The molecule has 0 radical (unpaired) electrons. The van der Waals surface area contributed by atoms with Crippen molar-refractivity contribution in [1.29, 1.82) is 0 Å². The number of hydrogen-bond acceptors (Lipinski definition) is 4. The molecule has 0 amide bonds. The van der Waals surface area contributed by atoms with Gasteiger partial charge < -0.3 is 0 Å². The number of Topliss-reactive ketones (excluding diaryl/α,β-unsaturated/α-hetero) is 1. The number of nitrogens with zero attached hydrogens (tertiary/aromatic N) is 1. The number of thiophene rings is 1. The van der Waals surface area contributed by atoms with Crippen LogP contribution < -0.4 is 0 Å². The molecule has 0 bridgehead atoms. The highest BCUT2D eigenvalue weighted by molar-refractivity contribution is 7.88. The van der Waals surface area contributed by atoms with Crippen molar-refractivity contribution in [2.45, 2.75) is 38.5 Å². The first-order chi connectivity index (χ1) is 9.93. The number of aryl methyl sites for hydroxylation is 2. The molecule has 0 saturated carbocycles. The van der Waals surface area contributed by atoms with E-state index < -0.39 is 10.0 Å². The van der Waals surface area contributed by atoms with Gasteiger partial charge in [-0.05, 0) is 49.7 Å². The Morgan fingerprint density at radius 3 is 2.90 bits per heavy atom. The van der Waals surface area contributed by atoms with Crippen LogP contribution in [-0.4, -0.2) is 37.9 Å². The van der Waals surface area contributed by atoms with Crippen LogP contribution in [0.4, 0.5) is 0 Å². The van der Waals surface area contributed by atoms with E-state index in [9.17, 15) is 13.2 Å². The minimum atomic E-state index is -3.13. The summed E-state index contributed by atoms with van der Waals surface area (Å²) in [6, 6.07) is 2.06. The van der Waals surface area contributed by atoms with Crippen molar-refractivity contribution in [3.05, 3.63) is 21.4 Å². The molecule has 0 N–H and O–H groups in total. The normalized spacial score (nSPS) is 23.2. The van der Waals surface area contributed by atoms with Crippen molar-refractivity contribution < 1.29 is 13.2 Å². The fourth-order valence-corrected chi connectivity index (χ4v) is 5.47. The molecular formula is C15H21NO3S2. The summed E-state index contributed by atoms with van der Waals surface area (Å²) < 4.78 is 24.8. The van der Waals surface area contributed by atoms with Crippen LogP contribution in [-0.2, 0) is 22.9 Å². The molecule has 0 aromatic carbocycles. The van der Waals surface area contributed by atoms with E-state index in [1.165, 1.54) is 27.4 Å². The van der Waals surface area contributed by atoms with Gasteiger partial charge in [0.25, 0.3) is 0 Å². The van der Waals surface area contributed by atoms with Gasteiger partial charge in [0, 0.05) is 24.4 Å². The Hall–Kier alpha value is -0.720. The number of ketones is 1. The van der Waals surface area contributed by atoms with Gasteiger partial charge >= 0.3 is 0 Å². The standard InChI is InChI=1S/C15H21NO3S2/c1-21(18,19)16-7-3-4-11(10-16)8-13(17)15-9-12-5-2-6-14(12)20-15/h9,11H,2-8,10H2,1H3. The van der Waals surface area contributed by atoms with Gasteiger partial charge in [-0.3, -0.25) is 4.79 Å². The zero-order valence-corrected chi connectivity index (χ0v) is 13.9. The average molecular weight is 327 g/mol. The highest BCUT2D eigenvalue weighted by atomic mass is 32.2. The van der Waals surface area contributed by atoms with E-state index >= 15 is 0 Å². The summed E-state index contributed by atoms with van der Waals surface area (Å²) in [5.74, 6) is 0.354. The first-order valence-corrected chi connectivity index (χ1v) is 10.2. The molecule has 1 aromatic heterocycles. The number of carbonyl (C=O) groups is 1.